The maximum absolute atomic E-state index is 12.9. The molecule has 0 spiro atoms. The van der Waals surface area contributed by atoms with Crippen LogP contribution in [-0.2, 0) is 10.0 Å². The first-order valence-electron chi connectivity index (χ1n) is 8.00. The summed E-state index contributed by atoms with van der Waals surface area (Å²) in [4.78, 5) is 2.89. The van der Waals surface area contributed by atoms with Gasteiger partial charge in [0.05, 0.1) is 4.90 Å². The van der Waals surface area contributed by atoms with Gasteiger partial charge in [-0.3, -0.25) is 4.90 Å². The molecule has 130 valence electrons. The van der Waals surface area contributed by atoms with Crippen molar-refractivity contribution in [3.05, 3.63) is 29.3 Å². The number of aryl methyl sites for hydroxylation is 2. The molecule has 0 amide bonds. The lowest BCUT2D eigenvalue weighted by molar-refractivity contribution is 0.179. The predicted octanol–water partition coefficient (Wildman–Crippen LogP) is 1.39. The molecule has 1 N–H and O–H groups in total. The summed E-state index contributed by atoms with van der Waals surface area (Å²) in [7, 11) is -3.37. The minimum Gasteiger partial charge on any atom is -0.314 e. The molecule has 23 heavy (non-hydrogen) atoms. The highest BCUT2D eigenvalue weighted by molar-refractivity contribution is 7.89. The molecule has 0 saturated carbocycles. The molecule has 5 nitrogen and oxygen atoms in total. The lowest BCUT2D eigenvalue weighted by atomic mass is 10.2. The van der Waals surface area contributed by atoms with E-state index in [1.54, 1.807) is 10.4 Å². The molecular weight excluding hydrogens is 334 g/mol. The predicted molar refractivity (Wildman–Crippen MR) is 94.8 cm³/mol. The second-order valence-corrected chi connectivity index (χ2v) is 8.27. The molecule has 0 radical (unpaired) electrons. The summed E-state index contributed by atoms with van der Waals surface area (Å²) in [5.74, 6) is 0. The molecule has 2 saturated heterocycles. The third-order valence-corrected chi connectivity index (χ3v) is 6.76. The van der Waals surface area contributed by atoms with Crippen molar-refractivity contribution in [1.29, 1.82) is 0 Å². The second-order valence-electron chi connectivity index (χ2n) is 6.36. The highest BCUT2D eigenvalue weighted by atomic mass is 35.5. The molecule has 0 aliphatic carbocycles. The van der Waals surface area contributed by atoms with Gasteiger partial charge in [0.15, 0.2) is 0 Å². The van der Waals surface area contributed by atoms with Crippen LogP contribution in [0.25, 0.3) is 0 Å². The Bertz CT molecular complexity index is 645. The van der Waals surface area contributed by atoms with E-state index in [2.05, 4.69) is 10.2 Å². The Morgan fingerprint density at radius 3 is 2.52 bits per heavy atom. The third kappa shape index (κ3) is 3.88. The van der Waals surface area contributed by atoms with Gasteiger partial charge >= 0.3 is 0 Å². The van der Waals surface area contributed by atoms with Crippen molar-refractivity contribution in [1.82, 2.24) is 14.5 Å². The first-order valence-corrected chi connectivity index (χ1v) is 9.44. The van der Waals surface area contributed by atoms with Gasteiger partial charge in [-0.1, -0.05) is 12.1 Å². The largest absolute Gasteiger partial charge is 0.314 e. The smallest absolute Gasteiger partial charge is 0.243 e. The average molecular weight is 360 g/mol. The standard InChI is InChI=1S/C16H25N3O2S.ClH/c1-13-3-4-14(2)16(11-13)22(20,21)19-8-5-15(12-19)18-9-6-17-7-10-18;/h3-4,11,15,17H,5-10,12H2,1-2H3;1H. The van der Waals surface area contributed by atoms with E-state index in [0.29, 0.717) is 24.0 Å². The van der Waals surface area contributed by atoms with Crippen LogP contribution in [0.5, 0.6) is 0 Å². The van der Waals surface area contributed by atoms with Gasteiger partial charge in [0.2, 0.25) is 10.0 Å². The van der Waals surface area contributed by atoms with Crippen LogP contribution in [0.2, 0.25) is 0 Å². The van der Waals surface area contributed by atoms with Gasteiger partial charge in [-0.05, 0) is 37.5 Å². The zero-order valence-corrected chi connectivity index (χ0v) is 15.4. The minimum atomic E-state index is -3.37. The Morgan fingerprint density at radius 1 is 1.13 bits per heavy atom. The highest BCUT2D eigenvalue weighted by Crippen LogP contribution is 2.26. The van der Waals surface area contributed by atoms with Crippen molar-refractivity contribution in [3.63, 3.8) is 0 Å². The van der Waals surface area contributed by atoms with Crippen molar-refractivity contribution in [3.8, 4) is 0 Å². The number of hydrogen-bond donors (Lipinski definition) is 1. The Morgan fingerprint density at radius 2 is 1.83 bits per heavy atom. The van der Waals surface area contributed by atoms with E-state index in [9.17, 15) is 8.42 Å². The summed E-state index contributed by atoms with van der Waals surface area (Å²) in [6.45, 7) is 9.09. The molecule has 2 aliphatic rings. The quantitative estimate of drug-likeness (QED) is 0.886. The molecule has 1 unspecified atom stereocenters. The van der Waals surface area contributed by atoms with Crippen LogP contribution in [0.15, 0.2) is 23.1 Å². The van der Waals surface area contributed by atoms with Crippen molar-refractivity contribution < 1.29 is 8.42 Å². The van der Waals surface area contributed by atoms with Gasteiger partial charge in [-0.2, -0.15) is 4.31 Å². The Kier molecular flexibility index (Phi) is 6.08. The zero-order chi connectivity index (χ0) is 15.7. The van der Waals surface area contributed by atoms with Crippen LogP contribution in [-0.4, -0.2) is 62.9 Å². The lowest BCUT2D eigenvalue weighted by Crippen LogP contribution is -2.49. The first kappa shape index (κ1) is 18.7. The molecule has 7 heteroatoms. The molecule has 3 rings (SSSR count). The van der Waals surface area contributed by atoms with E-state index in [4.69, 9.17) is 0 Å². The zero-order valence-electron chi connectivity index (χ0n) is 13.8. The monoisotopic (exact) mass is 359 g/mol. The number of benzene rings is 1. The number of piperazine rings is 1. The van der Waals surface area contributed by atoms with Crippen LogP contribution in [0.4, 0.5) is 0 Å². The number of rotatable bonds is 3. The highest BCUT2D eigenvalue weighted by Gasteiger charge is 2.36. The maximum Gasteiger partial charge on any atom is 0.243 e. The molecule has 1 atom stereocenters. The van der Waals surface area contributed by atoms with E-state index >= 15 is 0 Å². The fraction of sp³-hybridized carbons (Fsp3) is 0.625. The van der Waals surface area contributed by atoms with Gasteiger partial charge in [-0.25, -0.2) is 8.42 Å². The van der Waals surface area contributed by atoms with Crippen molar-refractivity contribution in [2.24, 2.45) is 0 Å². The molecule has 1 aromatic carbocycles. The van der Waals surface area contributed by atoms with E-state index in [-0.39, 0.29) is 12.4 Å². The number of hydrogen-bond acceptors (Lipinski definition) is 4. The van der Waals surface area contributed by atoms with Crippen LogP contribution in [0, 0.1) is 13.8 Å². The fourth-order valence-electron chi connectivity index (χ4n) is 3.40. The van der Waals surface area contributed by atoms with Gasteiger partial charge in [0.25, 0.3) is 0 Å². The molecular formula is C16H26ClN3O2S. The van der Waals surface area contributed by atoms with Gasteiger partial charge in [0, 0.05) is 45.3 Å². The molecule has 2 aliphatic heterocycles. The number of nitrogens with zero attached hydrogens (tertiary/aromatic N) is 2. The Hall–Kier alpha value is -0.660. The maximum atomic E-state index is 12.9. The third-order valence-electron chi connectivity index (χ3n) is 4.76. The first-order chi connectivity index (χ1) is 10.5. The summed E-state index contributed by atoms with van der Waals surface area (Å²) >= 11 is 0. The molecule has 2 heterocycles. The van der Waals surface area contributed by atoms with E-state index < -0.39 is 10.0 Å². The topological polar surface area (TPSA) is 52.7 Å². The van der Waals surface area contributed by atoms with E-state index in [0.717, 1.165) is 43.7 Å². The fourth-order valence-corrected chi connectivity index (χ4v) is 5.20. The number of sulfonamides is 1. The lowest BCUT2D eigenvalue weighted by Gasteiger charge is -2.32. The number of nitrogens with one attached hydrogen (secondary N) is 1. The van der Waals surface area contributed by atoms with Crippen molar-refractivity contribution in [2.45, 2.75) is 31.2 Å². The average Bonchev–Trinajstić information content (AvgIpc) is 3.01. The van der Waals surface area contributed by atoms with Crippen molar-refractivity contribution >= 4 is 22.4 Å². The second kappa shape index (κ2) is 7.49. The Labute approximate surface area is 145 Å². The number of halogens is 1. The van der Waals surface area contributed by atoms with E-state index in [1.807, 2.05) is 26.0 Å². The minimum absolute atomic E-state index is 0. The summed E-state index contributed by atoms with van der Waals surface area (Å²) in [6, 6.07) is 6.01. The SMILES string of the molecule is Cc1ccc(C)c(S(=O)(=O)N2CCC(N3CCNCC3)C2)c1.Cl. The van der Waals surface area contributed by atoms with Crippen molar-refractivity contribution in [2.75, 3.05) is 39.3 Å². The summed E-state index contributed by atoms with van der Waals surface area (Å²) in [6.07, 6.45) is 0.935. The van der Waals surface area contributed by atoms with Gasteiger partial charge in [0.1, 0.15) is 0 Å². The molecule has 0 aromatic heterocycles. The normalized spacial score (nSPS) is 23.7. The van der Waals surface area contributed by atoms with Crippen LogP contribution < -0.4 is 5.32 Å². The van der Waals surface area contributed by atoms with Gasteiger partial charge in [-0.15, -0.1) is 12.4 Å². The van der Waals surface area contributed by atoms with E-state index in [1.165, 1.54) is 0 Å². The summed E-state index contributed by atoms with van der Waals surface area (Å²) < 4.78 is 27.5. The summed E-state index contributed by atoms with van der Waals surface area (Å²) in [5.41, 5.74) is 1.82. The molecule has 0 bridgehead atoms. The van der Waals surface area contributed by atoms with Gasteiger partial charge < -0.3 is 5.32 Å². The van der Waals surface area contributed by atoms with Crippen LogP contribution in [0.3, 0.4) is 0 Å². The van der Waals surface area contributed by atoms with Crippen LogP contribution >= 0.6 is 12.4 Å². The van der Waals surface area contributed by atoms with Crippen LogP contribution in [0.1, 0.15) is 17.5 Å². The Balaban J connectivity index is 0.00000192. The molecule has 1 aromatic rings. The molecule has 2 fully saturated rings. The summed E-state index contributed by atoms with van der Waals surface area (Å²) in [5, 5.41) is 3.35.